The van der Waals surface area contributed by atoms with Crippen LogP contribution < -0.4 is 10.2 Å². The second-order valence-electron chi connectivity index (χ2n) is 7.55. The molecule has 0 fully saturated rings. The molecule has 0 spiro atoms. The van der Waals surface area contributed by atoms with E-state index in [4.69, 9.17) is 0 Å². The van der Waals surface area contributed by atoms with Crippen LogP contribution in [-0.2, 0) is 17.6 Å². The molecule has 5 heteroatoms. The zero-order valence-electron chi connectivity index (χ0n) is 14.5. The first-order chi connectivity index (χ1) is 11.5. The molecule has 3 atom stereocenters. The topological polar surface area (TPSA) is 68.4 Å². The van der Waals surface area contributed by atoms with Gasteiger partial charge in [-0.1, -0.05) is 19.9 Å². The smallest absolute Gasteiger partial charge is 0.243 e. The predicted molar refractivity (Wildman–Crippen MR) is 95.3 cm³/mol. The van der Waals surface area contributed by atoms with Crippen molar-refractivity contribution in [1.82, 2.24) is 10.3 Å². The Bertz CT molecular complexity index is 795. The van der Waals surface area contributed by atoms with Crippen molar-refractivity contribution >= 4 is 22.5 Å². The molecule has 2 aliphatic heterocycles. The van der Waals surface area contributed by atoms with Gasteiger partial charge in [0.25, 0.3) is 0 Å². The van der Waals surface area contributed by atoms with Crippen molar-refractivity contribution in [2.24, 2.45) is 5.92 Å². The first-order valence-corrected chi connectivity index (χ1v) is 8.82. The van der Waals surface area contributed by atoms with E-state index in [2.05, 4.69) is 48.1 Å². The minimum absolute atomic E-state index is 0.0230. The summed E-state index contributed by atoms with van der Waals surface area (Å²) in [6.45, 7) is 6.34. The number of aromatic nitrogens is 1. The summed E-state index contributed by atoms with van der Waals surface area (Å²) in [5, 5.41) is 14.0. The summed E-state index contributed by atoms with van der Waals surface area (Å²) in [6, 6.07) is 4.15. The lowest BCUT2D eigenvalue weighted by Crippen LogP contribution is -2.54. The van der Waals surface area contributed by atoms with Gasteiger partial charge in [0.05, 0.1) is 18.3 Å². The minimum atomic E-state index is -0.246. The minimum Gasteiger partial charge on any atom is -0.394 e. The molecule has 0 aliphatic carbocycles. The van der Waals surface area contributed by atoms with E-state index in [0.717, 1.165) is 11.9 Å². The summed E-state index contributed by atoms with van der Waals surface area (Å²) in [5.74, 6) is 0.211. The molecule has 128 valence electrons. The molecular weight excluding hydrogens is 302 g/mol. The lowest BCUT2D eigenvalue weighted by Gasteiger charge is -2.36. The van der Waals surface area contributed by atoms with Gasteiger partial charge in [0.15, 0.2) is 0 Å². The summed E-state index contributed by atoms with van der Waals surface area (Å²) >= 11 is 0. The third kappa shape index (κ3) is 2.14. The van der Waals surface area contributed by atoms with Gasteiger partial charge in [-0.3, -0.25) is 4.79 Å². The lowest BCUT2D eigenvalue weighted by atomic mass is 9.99. The Balaban J connectivity index is 1.99. The molecule has 4 rings (SSSR count). The normalized spacial score (nSPS) is 26.5. The average Bonchev–Trinajstić information content (AvgIpc) is 3.08. The Kier molecular flexibility index (Phi) is 3.57. The monoisotopic (exact) mass is 327 g/mol. The summed E-state index contributed by atoms with van der Waals surface area (Å²) in [5.41, 5.74) is 4.81. The van der Waals surface area contributed by atoms with Gasteiger partial charge in [-0.15, -0.1) is 0 Å². The Morgan fingerprint density at radius 3 is 2.79 bits per heavy atom. The second kappa shape index (κ2) is 5.52. The molecule has 0 bridgehead atoms. The van der Waals surface area contributed by atoms with Gasteiger partial charge in [-0.05, 0) is 42.9 Å². The van der Waals surface area contributed by atoms with Crippen LogP contribution in [0, 0.1) is 5.92 Å². The first kappa shape index (κ1) is 15.5. The van der Waals surface area contributed by atoms with Crippen LogP contribution in [0.2, 0.25) is 0 Å². The van der Waals surface area contributed by atoms with Crippen LogP contribution in [0.15, 0.2) is 18.3 Å². The molecule has 2 aliphatic rings. The van der Waals surface area contributed by atoms with Gasteiger partial charge >= 0.3 is 0 Å². The quantitative estimate of drug-likeness (QED) is 0.790. The third-order valence-electron chi connectivity index (χ3n) is 5.47. The van der Waals surface area contributed by atoms with Crippen molar-refractivity contribution in [2.45, 2.75) is 51.7 Å². The van der Waals surface area contributed by atoms with Gasteiger partial charge in [0, 0.05) is 23.1 Å². The van der Waals surface area contributed by atoms with Crippen molar-refractivity contribution in [3.8, 4) is 0 Å². The number of nitrogens with zero attached hydrogens (tertiary/aromatic N) is 1. The molecule has 0 unspecified atom stereocenters. The molecule has 24 heavy (non-hydrogen) atoms. The summed E-state index contributed by atoms with van der Waals surface area (Å²) in [6.07, 6.45) is 3.64. The number of aromatic amines is 1. The van der Waals surface area contributed by atoms with Crippen LogP contribution in [0.4, 0.5) is 5.69 Å². The van der Waals surface area contributed by atoms with E-state index >= 15 is 0 Å². The van der Waals surface area contributed by atoms with Crippen LogP contribution >= 0.6 is 0 Å². The number of hydrogen-bond acceptors (Lipinski definition) is 3. The van der Waals surface area contributed by atoms with Gasteiger partial charge in [0.1, 0.15) is 6.04 Å². The van der Waals surface area contributed by atoms with Crippen molar-refractivity contribution in [1.29, 1.82) is 0 Å². The van der Waals surface area contributed by atoms with Gasteiger partial charge < -0.3 is 20.3 Å². The summed E-state index contributed by atoms with van der Waals surface area (Å²) in [7, 11) is 0. The van der Waals surface area contributed by atoms with Gasteiger partial charge in [-0.25, -0.2) is 0 Å². The van der Waals surface area contributed by atoms with Crippen LogP contribution in [0.5, 0.6) is 0 Å². The molecule has 1 aromatic heterocycles. The van der Waals surface area contributed by atoms with E-state index in [1.807, 2.05) is 6.20 Å². The zero-order valence-corrected chi connectivity index (χ0v) is 14.5. The largest absolute Gasteiger partial charge is 0.394 e. The number of benzene rings is 1. The number of anilines is 1. The highest BCUT2D eigenvalue weighted by atomic mass is 16.3. The predicted octanol–water partition coefficient (Wildman–Crippen LogP) is 1.98. The van der Waals surface area contributed by atoms with Crippen molar-refractivity contribution in [3.05, 3.63) is 29.5 Å². The molecule has 0 saturated heterocycles. The lowest BCUT2D eigenvalue weighted by molar-refractivity contribution is -0.124. The molecular formula is C19H25N3O2. The maximum absolute atomic E-state index is 13.0. The van der Waals surface area contributed by atoms with Crippen LogP contribution in [0.1, 0.15) is 31.9 Å². The van der Waals surface area contributed by atoms with Gasteiger partial charge in [-0.2, -0.15) is 0 Å². The van der Waals surface area contributed by atoms with E-state index in [-0.39, 0.29) is 36.6 Å². The Labute approximate surface area is 142 Å². The highest BCUT2D eigenvalue weighted by molar-refractivity contribution is 6.01. The molecule has 1 amide bonds. The number of nitrogens with one attached hydrogen (secondary N) is 2. The van der Waals surface area contributed by atoms with Crippen molar-refractivity contribution in [2.75, 3.05) is 11.5 Å². The average molecular weight is 327 g/mol. The molecule has 3 heterocycles. The molecule has 5 nitrogen and oxygen atoms in total. The van der Waals surface area contributed by atoms with E-state index < -0.39 is 0 Å². The molecule has 0 radical (unpaired) electrons. The highest BCUT2D eigenvalue weighted by Gasteiger charge is 2.40. The maximum atomic E-state index is 13.0. The number of carbonyl (C=O) groups is 1. The Morgan fingerprint density at radius 2 is 2.08 bits per heavy atom. The fourth-order valence-corrected chi connectivity index (χ4v) is 4.45. The zero-order chi connectivity index (χ0) is 17.0. The van der Waals surface area contributed by atoms with Gasteiger partial charge in [0.2, 0.25) is 5.91 Å². The number of rotatable bonds is 2. The second-order valence-corrected chi connectivity index (χ2v) is 7.55. The van der Waals surface area contributed by atoms with E-state index in [0.29, 0.717) is 6.42 Å². The number of H-pyrrole nitrogens is 1. The first-order valence-electron chi connectivity index (χ1n) is 8.82. The van der Waals surface area contributed by atoms with E-state index in [1.165, 1.54) is 22.2 Å². The number of aliphatic hydroxyl groups excluding tert-OH is 1. The summed E-state index contributed by atoms with van der Waals surface area (Å²) in [4.78, 5) is 18.7. The molecule has 0 saturated carbocycles. The van der Waals surface area contributed by atoms with Crippen molar-refractivity contribution < 1.29 is 9.90 Å². The summed E-state index contributed by atoms with van der Waals surface area (Å²) < 4.78 is 0. The highest BCUT2D eigenvalue weighted by Crippen LogP contribution is 2.43. The number of amides is 1. The van der Waals surface area contributed by atoms with Crippen molar-refractivity contribution in [3.63, 3.8) is 0 Å². The molecule has 2 aromatic rings. The van der Waals surface area contributed by atoms with Crippen LogP contribution in [0.3, 0.4) is 0 Å². The van der Waals surface area contributed by atoms with E-state index in [1.54, 1.807) is 0 Å². The fourth-order valence-electron chi connectivity index (χ4n) is 4.45. The van der Waals surface area contributed by atoms with Crippen LogP contribution in [0.25, 0.3) is 10.9 Å². The maximum Gasteiger partial charge on any atom is 0.243 e. The number of aliphatic hydroxyl groups is 1. The number of carbonyl (C=O) groups excluding carboxylic acids is 1. The van der Waals surface area contributed by atoms with E-state index in [9.17, 15) is 9.90 Å². The third-order valence-corrected chi connectivity index (χ3v) is 5.47. The van der Waals surface area contributed by atoms with Crippen LogP contribution in [-0.4, -0.2) is 40.7 Å². The Morgan fingerprint density at radius 1 is 1.29 bits per heavy atom. The molecule has 3 N–H and O–H groups in total. The standard InChI is InChI=1S/C19H25N3O2/c1-10(2)17-19(24)21-14(9-23)7-13-8-20-15-5-4-12-6-11(3)22(17)18(12)16(13)15/h4-5,8,10-11,14,17,20,23H,6-7,9H2,1-3H3,(H,21,24)/t11-,14-,17-/m0/s1. The fraction of sp³-hybridized carbons (Fsp3) is 0.526. The SMILES string of the molecule is CC(C)[C@H]1C(=O)N[C@H](CO)Cc2c[nH]c3ccc4c(c23)N1[C@@H](C)C4. The number of hydrogen-bond donors (Lipinski definition) is 3. The Hall–Kier alpha value is -2.01. The molecule has 1 aromatic carbocycles.